The second-order valence-corrected chi connectivity index (χ2v) is 8.20. The number of nitrogens with two attached hydrogens (primary N) is 1. The molecule has 2 rings (SSSR count). The van der Waals surface area contributed by atoms with Crippen LogP contribution in [0.4, 0.5) is 10.8 Å². The number of Topliss-reactive ketones (excluding diaryl/α,β-unsaturated/α-hetero) is 1. The molecule has 1 aromatic carbocycles. The number of hydrogen-bond acceptors (Lipinski definition) is 6. The van der Waals surface area contributed by atoms with E-state index >= 15 is 0 Å². The highest BCUT2D eigenvalue weighted by atomic mass is 79.9. The standard InChI is InChI=1S/C11H9Br2N3O3S2/c1-5(17)9-4-20-11(15-9)16-21(18,19)10-7(12)2-6(14)3-8(10)13/h2-4H,14H2,1H3,(H,15,16). The van der Waals surface area contributed by atoms with Crippen LogP contribution in [0.1, 0.15) is 17.4 Å². The third-order valence-corrected chi connectivity index (χ3v) is 6.48. The molecule has 0 bridgehead atoms. The van der Waals surface area contributed by atoms with Crippen LogP contribution in [0.15, 0.2) is 31.4 Å². The molecule has 21 heavy (non-hydrogen) atoms. The number of hydrogen-bond donors (Lipinski definition) is 2. The molecule has 1 aromatic heterocycles. The highest BCUT2D eigenvalue weighted by Gasteiger charge is 2.23. The monoisotopic (exact) mass is 453 g/mol. The average molecular weight is 455 g/mol. The van der Waals surface area contributed by atoms with E-state index in [1.54, 1.807) is 0 Å². The van der Waals surface area contributed by atoms with Crippen molar-refractivity contribution in [3.8, 4) is 0 Å². The van der Waals surface area contributed by atoms with E-state index in [-0.39, 0.29) is 21.5 Å². The summed E-state index contributed by atoms with van der Waals surface area (Å²) in [5, 5.41) is 1.61. The van der Waals surface area contributed by atoms with Gasteiger partial charge >= 0.3 is 0 Å². The van der Waals surface area contributed by atoms with Crippen molar-refractivity contribution in [3.05, 3.63) is 32.2 Å². The van der Waals surface area contributed by atoms with Crippen molar-refractivity contribution in [3.63, 3.8) is 0 Å². The molecule has 2 aromatic rings. The van der Waals surface area contributed by atoms with Crippen LogP contribution in [0, 0.1) is 0 Å². The molecule has 0 aliphatic carbocycles. The van der Waals surface area contributed by atoms with Crippen molar-refractivity contribution in [2.75, 3.05) is 10.5 Å². The molecule has 0 radical (unpaired) electrons. The summed E-state index contributed by atoms with van der Waals surface area (Å²) in [5.41, 5.74) is 6.27. The average Bonchev–Trinajstić information content (AvgIpc) is 2.74. The van der Waals surface area contributed by atoms with Gasteiger partial charge < -0.3 is 5.73 Å². The minimum Gasteiger partial charge on any atom is -0.399 e. The van der Waals surface area contributed by atoms with Gasteiger partial charge in [-0.3, -0.25) is 9.52 Å². The summed E-state index contributed by atoms with van der Waals surface area (Å²) in [6.07, 6.45) is 0. The number of nitrogens with zero attached hydrogens (tertiary/aromatic N) is 1. The normalized spacial score (nSPS) is 11.4. The van der Waals surface area contributed by atoms with Crippen molar-refractivity contribution in [2.24, 2.45) is 0 Å². The highest BCUT2D eigenvalue weighted by Crippen LogP contribution is 2.33. The largest absolute Gasteiger partial charge is 0.399 e. The molecular formula is C11H9Br2N3O3S2. The summed E-state index contributed by atoms with van der Waals surface area (Å²) in [4.78, 5) is 15.1. The van der Waals surface area contributed by atoms with Gasteiger partial charge in [-0.1, -0.05) is 0 Å². The van der Waals surface area contributed by atoms with Gasteiger partial charge in [-0.15, -0.1) is 11.3 Å². The Morgan fingerprint density at radius 3 is 2.38 bits per heavy atom. The van der Waals surface area contributed by atoms with Gasteiger partial charge in [0.05, 0.1) is 0 Å². The predicted octanol–water partition coefficient (Wildman–Crippen LogP) is 3.25. The zero-order valence-corrected chi connectivity index (χ0v) is 15.4. The van der Waals surface area contributed by atoms with E-state index in [2.05, 4.69) is 41.6 Å². The Bertz CT molecular complexity index is 795. The molecule has 0 saturated heterocycles. The van der Waals surface area contributed by atoms with E-state index in [0.717, 1.165) is 11.3 Å². The summed E-state index contributed by atoms with van der Waals surface area (Å²) in [6.45, 7) is 1.36. The fourth-order valence-electron chi connectivity index (χ4n) is 1.48. The summed E-state index contributed by atoms with van der Waals surface area (Å²) in [6, 6.07) is 2.98. The Hall–Kier alpha value is -0.970. The number of benzene rings is 1. The number of rotatable bonds is 4. The van der Waals surface area contributed by atoms with Gasteiger partial charge in [0, 0.05) is 26.9 Å². The SMILES string of the molecule is CC(=O)c1csc(NS(=O)(=O)c2c(Br)cc(N)cc2Br)n1. The van der Waals surface area contributed by atoms with Crippen LogP contribution in [0.5, 0.6) is 0 Å². The molecule has 6 nitrogen and oxygen atoms in total. The topological polar surface area (TPSA) is 102 Å². The van der Waals surface area contributed by atoms with Gasteiger partial charge in [-0.25, -0.2) is 13.4 Å². The number of halogens is 2. The number of nitrogen functional groups attached to an aromatic ring is 1. The van der Waals surface area contributed by atoms with Crippen molar-refractivity contribution in [1.29, 1.82) is 0 Å². The number of carbonyl (C=O) groups is 1. The number of anilines is 2. The van der Waals surface area contributed by atoms with Crippen molar-refractivity contribution >= 4 is 69.8 Å². The molecule has 0 fully saturated rings. The molecular weight excluding hydrogens is 446 g/mol. The second kappa shape index (κ2) is 6.03. The first-order chi connectivity index (χ1) is 9.70. The van der Waals surface area contributed by atoms with E-state index in [4.69, 9.17) is 5.73 Å². The van der Waals surface area contributed by atoms with Crippen LogP contribution in [0.2, 0.25) is 0 Å². The molecule has 0 spiro atoms. The Balaban J connectivity index is 2.41. The Morgan fingerprint density at radius 1 is 1.33 bits per heavy atom. The van der Waals surface area contributed by atoms with E-state index in [1.807, 2.05) is 0 Å². The lowest BCUT2D eigenvalue weighted by Crippen LogP contribution is -2.14. The number of sulfonamides is 1. The second-order valence-electron chi connectivity index (χ2n) is 4.01. The number of thiazole rings is 1. The molecule has 1 heterocycles. The van der Waals surface area contributed by atoms with Crippen LogP contribution < -0.4 is 10.5 Å². The number of nitrogens with one attached hydrogen (secondary N) is 1. The number of carbonyl (C=O) groups excluding carboxylic acids is 1. The Morgan fingerprint density at radius 2 is 1.90 bits per heavy atom. The molecule has 0 unspecified atom stereocenters. The van der Waals surface area contributed by atoms with Crippen LogP contribution in [-0.4, -0.2) is 19.2 Å². The summed E-state index contributed by atoms with van der Waals surface area (Å²) < 4.78 is 27.8. The predicted molar refractivity (Wildman–Crippen MR) is 89.2 cm³/mol. The van der Waals surface area contributed by atoms with E-state index in [1.165, 1.54) is 24.4 Å². The van der Waals surface area contributed by atoms with Crippen LogP contribution in [0.3, 0.4) is 0 Å². The lowest BCUT2D eigenvalue weighted by atomic mass is 10.3. The first-order valence-electron chi connectivity index (χ1n) is 5.44. The van der Waals surface area contributed by atoms with Crippen molar-refractivity contribution in [1.82, 2.24) is 4.98 Å². The molecule has 0 amide bonds. The molecule has 112 valence electrons. The molecule has 0 atom stereocenters. The molecule has 0 aliphatic heterocycles. The lowest BCUT2D eigenvalue weighted by molar-refractivity contribution is 0.101. The third-order valence-electron chi connectivity index (χ3n) is 2.38. The van der Waals surface area contributed by atoms with Crippen molar-refractivity contribution < 1.29 is 13.2 Å². The van der Waals surface area contributed by atoms with E-state index in [0.29, 0.717) is 14.6 Å². The van der Waals surface area contributed by atoms with Gasteiger partial charge in [0.15, 0.2) is 10.9 Å². The Labute approximate surface area is 142 Å². The first-order valence-corrected chi connectivity index (χ1v) is 9.39. The highest BCUT2D eigenvalue weighted by molar-refractivity contribution is 9.11. The number of ketones is 1. The smallest absolute Gasteiger partial charge is 0.265 e. The molecule has 0 saturated carbocycles. The van der Waals surface area contributed by atoms with Gasteiger partial charge in [-0.2, -0.15) is 0 Å². The lowest BCUT2D eigenvalue weighted by Gasteiger charge is -2.10. The fourth-order valence-corrected chi connectivity index (χ4v) is 6.11. The van der Waals surface area contributed by atoms with E-state index < -0.39 is 10.0 Å². The zero-order valence-electron chi connectivity index (χ0n) is 10.6. The van der Waals surface area contributed by atoms with Gasteiger partial charge in [0.1, 0.15) is 10.6 Å². The van der Waals surface area contributed by atoms with Gasteiger partial charge in [0.25, 0.3) is 10.0 Å². The quantitative estimate of drug-likeness (QED) is 0.545. The zero-order chi connectivity index (χ0) is 15.8. The minimum absolute atomic E-state index is 0.0104. The molecule has 0 aliphatic rings. The molecule has 10 heteroatoms. The maximum atomic E-state index is 12.4. The van der Waals surface area contributed by atoms with Crippen molar-refractivity contribution in [2.45, 2.75) is 11.8 Å². The minimum atomic E-state index is -3.87. The summed E-state index contributed by atoms with van der Waals surface area (Å²) in [5.74, 6) is -0.230. The maximum Gasteiger partial charge on any atom is 0.265 e. The fraction of sp³-hybridized carbons (Fsp3) is 0.0909. The third kappa shape index (κ3) is 3.62. The van der Waals surface area contributed by atoms with Crippen LogP contribution in [-0.2, 0) is 10.0 Å². The van der Waals surface area contributed by atoms with Gasteiger partial charge in [0.2, 0.25) is 0 Å². The maximum absolute atomic E-state index is 12.4. The van der Waals surface area contributed by atoms with Crippen LogP contribution >= 0.6 is 43.2 Å². The summed E-state index contributed by atoms with van der Waals surface area (Å²) in [7, 11) is -3.87. The Kier molecular flexibility index (Phi) is 4.71. The summed E-state index contributed by atoms with van der Waals surface area (Å²) >= 11 is 7.39. The van der Waals surface area contributed by atoms with Gasteiger partial charge in [-0.05, 0) is 44.0 Å². The molecule has 3 N–H and O–H groups in total. The van der Waals surface area contributed by atoms with Crippen LogP contribution in [0.25, 0.3) is 0 Å². The first kappa shape index (κ1) is 16.4. The number of aromatic nitrogens is 1. The van der Waals surface area contributed by atoms with E-state index in [9.17, 15) is 13.2 Å².